The Hall–Kier alpha value is -0.810. The molecule has 0 aliphatic rings. The zero-order valence-corrected chi connectivity index (χ0v) is 8.65. The first kappa shape index (κ1) is 8.77. The highest BCUT2D eigenvalue weighted by Crippen LogP contribution is 2.26. The van der Waals surface area contributed by atoms with Crippen molar-refractivity contribution in [2.24, 2.45) is 0 Å². The summed E-state index contributed by atoms with van der Waals surface area (Å²) in [7, 11) is 0. The first-order valence-corrected chi connectivity index (χ1v) is 5.02. The quantitative estimate of drug-likeness (QED) is 0.738. The lowest BCUT2D eigenvalue weighted by Crippen LogP contribution is -1.77. The fraction of sp³-hybridized carbons (Fsp3) is 0. The van der Waals surface area contributed by atoms with E-state index in [1.165, 1.54) is 17.4 Å². The van der Waals surface area contributed by atoms with Crippen LogP contribution in [0.5, 0.6) is 0 Å². The van der Waals surface area contributed by atoms with Gasteiger partial charge in [-0.3, -0.25) is 4.79 Å². The maximum absolute atomic E-state index is 13.0. The molecule has 0 saturated heterocycles. The third kappa shape index (κ3) is 1.49. The molecule has 2 aromatic rings. The smallest absolute Gasteiger partial charge is 0.178 e. The second kappa shape index (κ2) is 3.16. The first-order valence-electron chi connectivity index (χ1n) is 3.41. The van der Waals surface area contributed by atoms with E-state index in [1.54, 1.807) is 6.07 Å². The summed E-state index contributed by atoms with van der Waals surface area (Å²) in [5.41, 5.74) is 0.521. The van der Waals surface area contributed by atoms with Crippen molar-refractivity contribution in [3.8, 4) is 0 Å². The van der Waals surface area contributed by atoms with Crippen molar-refractivity contribution in [1.82, 2.24) is 4.98 Å². The molecule has 0 spiro atoms. The van der Waals surface area contributed by atoms with Crippen molar-refractivity contribution in [3.05, 3.63) is 27.4 Å². The molecular formula is C8H3BrFNOS. The lowest BCUT2D eigenvalue weighted by Gasteiger charge is -1.91. The van der Waals surface area contributed by atoms with Crippen LogP contribution < -0.4 is 0 Å². The van der Waals surface area contributed by atoms with E-state index < -0.39 is 0 Å². The van der Waals surface area contributed by atoms with Crippen LogP contribution in [0.2, 0.25) is 0 Å². The molecule has 0 aliphatic carbocycles. The summed E-state index contributed by atoms with van der Waals surface area (Å²) < 4.78 is 14.2. The summed E-state index contributed by atoms with van der Waals surface area (Å²) in [6.45, 7) is 0. The van der Waals surface area contributed by atoms with Gasteiger partial charge in [0.05, 0.1) is 14.7 Å². The average molecular weight is 260 g/mol. The van der Waals surface area contributed by atoms with Crippen LogP contribution in [0.15, 0.2) is 16.6 Å². The molecular weight excluding hydrogens is 257 g/mol. The van der Waals surface area contributed by atoms with Crippen molar-refractivity contribution in [1.29, 1.82) is 0 Å². The second-order valence-corrected chi connectivity index (χ2v) is 4.32. The molecule has 0 bridgehead atoms. The molecule has 0 unspecified atom stereocenters. The number of hydrogen-bond donors (Lipinski definition) is 0. The van der Waals surface area contributed by atoms with Crippen LogP contribution in [-0.2, 0) is 0 Å². The molecule has 66 valence electrons. The number of fused-ring (bicyclic) bond motifs is 1. The fourth-order valence-electron chi connectivity index (χ4n) is 0.992. The van der Waals surface area contributed by atoms with E-state index in [-0.39, 0.29) is 5.82 Å². The Labute approximate surface area is 85.5 Å². The minimum atomic E-state index is -0.366. The molecule has 0 N–H and O–H groups in total. The average Bonchev–Trinajstić information content (AvgIpc) is 2.48. The largest absolute Gasteiger partial charge is 0.295 e. The zero-order chi connectivity index (χ0) is 9.42. The molecule has 2 nitrogen and oxygen atoms in total. The summed E-state index contributed by atoms with van der Waals surface area (Å²) >= 11 is 4.31. The summed E-state index contributed by atoms with van der Waals surface area (Å²) in [5, 5.41) is 0.368. The predicted octanol–water partition coefficient (Wildman–Crippen LogP) is 3.01. The van der Waals surface area contributed by atoms with E-state index in [1.807, 2.05) is 0 Å². The molecule has 13 heavy (non-hydrogen) atoms. The van der Waals surface area contributed by atoms with Gasteiger partial charge in [0.1, 0.15) is 5.82 Å². The number of nitrogens with zero attached hydrogens (tertiary/aromatic N) is 1. The number of aldehydes is 1. The van der Waals surface area contributed by atoms with Gasteiger partial charge in [-0.25, -0.2) is 9.37 Å². The topological polar surface area (TPSA) is 30.0 Å². The highest BCUT2D eigenvalue weighted by molar-refractivity contribution is 9.10. The Morgan fingerprint density at radius 3 is 3.00 bits per heavy atom. The van der Waals surface area contributed by atoms with E-state index in [0.29, 0.717) is 21.3 Å². The van der Waals surface area contributed by atoms with Gasteiger partial charge in [0.15, 0.2) is 11.3 Å². The Morgan fingerprint density at radius 2 is 2.31 bits per heavy atom. The lowest BCUT2D eigenvalue weighted by molar-refractivity contribution is 0.112. The van der Waals surface area contributed by atoms with Crippen LogP contribution in [0.1, 0.15) is 9.80 Å². The van der Waals surface area contributed by atoms with Gasteiger partial charge in [-0.15, -0.1) is 11.3 Å². The SMILES string of the molecule is O=Cc1nc2cc(F)c(Br)cc2s1. The van der Waals surface area contributed by atoms with Crippen LogP contribution >= 0.6 is 27.3 Å². The van der Waals surface area contributed by atoms with Gasteiger partial charge in [0.25, 0.3) is 0 Å². The second-order valence-electron chi connectivity index (χ2n) is 2.40. The molecule has 0 radical (unpaired) electrons. The van der Waals surface area contributed by atoms with Crippen molar-refractivity contribution in [3.63, 3.8) is 0 Å². The van der Waals surface area contributed by atoms with Gasteiger partial charge < -0.3 is 0 Å². The Morgan fingerprint density at radius 1 is 1.54 bits per heavy atom. The molecule has 1 aromatic carbocycles. The van der Waals surface area contributed by atoms with Crippen LogP contribution in [0.25, 0.3) is 10.2 Å². The number of aromatic nitrogens is 1. The monoisotopic (exact) mass is 259 g/mol. The standard InChI is InChI=1S/C8H3BrFNOS/c9-4-1-7-6(2-5(4)10)11-8(3-12)13-7/h1-3H. The number of hydrogen-bond acceptors (Lipinski definition) is 3. The normalized spacial score (nSPS) is 10.6. The number of thiazole rings is 1. The first-order chi connectivity index (χ1) is 6.20. The van der Waals surface area contributed by atoms with Crippen molar-refractivity contribution >= 4 is 43.8 Å². The maximum atomic E-state index is 13.0. The van der Waals surface area contributed by atoms with E-state index >= 15 is 0 Å². The van der Waals surface area contributed by atoms with E-state index in [9.17, 15) is 9.18 Å². The molecule has 2 rings (SSSR count). The van der Waals surface area contributed by atoms with Crippen LogP contribution in [0.4, 0.5) is 4.39 Å². The lowest BCUT2D eigenvalue weighted by atomic mass is 10.3. The molecule has 0 fully saturated rings. The summed E-state index contributed by atoms with van der Waals surface area (Å²) in [6, 6.07) is 2.93. The third-order valence-electron chi connectivity index (χ3n) is 1.55. The Bertz CT molecular complexity index is 443. The molecule has 0 saturated carbocycles. The molecule has 1 heterocycles. The minimum absolute atomic E-state index is 0.366. The Kier molecular flexibility index (Phi) is 2.13. The third-order valence-corrected chi connectivity index (χ3v) is 3.10. The highest BCUT2D eigenvalue weighted by Gasteiger charge is 2.06. The number of carbonyl (C=O) groups excluding carboxylic acids is 1. The summed E-state index contributed by atoms with van der Waals surface area (Å²) in [5.74, 6) is -0.366. The van der Waals surface area contributed by atoms with Gasteiger partial charge >= 0.3 is 0 Å². The van der Waals surface area contributed by atoms with Crippen LogP contribution in [0.3, 0.4) is 0 Å². The fourth-order valence-corrected chi connectivity index (χ4v) is 2.29. The van der Waals surface area contributed by atoms with E-state index in [2.05, 4.69) is 20.9 Å². The van der Waals surface area contributed by atoms with Gasteiger partial charge in [-0.05, 0) is 22.0 Å². The maximum Gasteiger partial charge on any atom is 0.178 e. The number of benzene rings is 1. The number of carbonyl (C=O) groups is 1. The van der Waals surface area contributed by atoms with Gasteiger partial charge in [-0.1, -0.05) is 0 Å². The minimum Gasteiger partial charge on any atom is -0.295 e. The predicted molar refractivity (Wildman–Crippen MR) is 52.7 cm³/mol. The molecule has 0 atom stereocenters. The van der Waals surface area contributed by atoms with Crippen molar-refractivity contribution in [2.45, 2.75) is 0 Å². The van der Waals surface area contributed by atoms with Gasteiger partial charge in [-0.2, -0.15) is 0 Å². The van der Waals surface area contributed by atoms with Gasteiger partial charge in [0.2, 0.25) is 0 Å². The summed E-state index contributed by atoms with van der Waals surface area (Å²) in [4.78, 5) is 14.3. The zero-order valence-electron chi connectivity index (χ0n) is 6.25. The van der Waals surface area contributed by atoms with E-state index in [4.69, 9.17) is 0 Å². The molecule has 0 aliphatic heterocycles. The summed E-state index contributed by atoms with van der Waals surface area (Å²) in [6.07, 6.45) is 0.663. The Balaban J connectivity index is 2.77. The number of halogens is 2. The molecule has 1 aromatic heterocycles. The van der Waals surface area contributed by atoms with Gasteiger partial charge in [0, 0.05) is 6.07 Å². The van der Waals surface area contributed by atoms with Crippen molar-refractivity contribution < 1.29 is 9.18 Å². The van der Waals surface area contributed by atoms with E-state index in [0.717, 1.165) is 4.70 Å². The van der Waals surface area contributed by atoms with Crippen molar-refractivity contribution in [2.75, 3.05) is 0 Å². The highest BCUT2D eigenvalue weighted by atomic mass is 79.9. The van der Waals surface area contributed by atoms with Crippen LogP contribution in [-0.4, -0.2) is 11.3 Å². The van der Waals surface area contributed by atoms with Crippen LogP contribution in [0, 0.1) is 5.82 Å². The molecule has 0 amide bonds. The number of rotatable bonds is 1. The molecule has 5 heteroatoms.